The zero-order chi connectivity index (χ0) is 14.8. The summed E-state index contributed by atoms with van der Waals surface area (Å²) in [5.74, 6) is -0.466. The van der Waals surface area contributed by atoms with Crippen molar-refractivity contribution in [2.24, 2.45) is 5.92 Å². The SMILES string of the molecule is O=C(NCC1CCCC1O)c1ccc(C(F)(F)F)nc1. The first-order chi connectivity index (χ1) is 9.38. The second kappa shape index (κ2) is 5.78. The van der Waals surface area contributed by atoms with Crippen molar-refractivity contribution in [3.05, 3.63) is 29.6 Å². The third kappa shape index (κ3) is 3.47. The second-order valence-electron chi connectivity index (χ2n) is 4.90. The Hall–Kier alpha value is -1.63. The molecule has 110 valence electrons. The van der Waals surface area contributed by atoms with E-state index in [4.69, 9.17) is 0 Å². The number of amides is 1. The standard InChI is InChI=1S/C13H15F3N2O2/c14-13(15,16)11-5-4-9(7-17-11)12(20)18-6-8-2-1-3-10(8)19/h4-5,7-8,10,19H,1-3,6H2,(H,18,20). The van der Waals surface area contributed by atoms with Crippen LogP contribution in [0.2, 0.25) is 0 Å². The number of carbonyl (C=O) groups is 1. The van der Waals surface area contributed by atoms with Gasteiger partial charge in [-0.1, -0.05) is 6.42 Å². The highest BCUT2D eigenvalue weighted by atomic mass is 19.4. The predicted octanol–water partition coefficient (Wildman–Crippen LogP) is 1.99. The van der Waals surface area contributed by atoms with Crippen LogP contribution in [0.3, 0.4) is 0 Å². The Balaban J connectivity index is 1.92. The minimum absolute atomic E-state index is 0.0151. The van der Waals surface area contributed by atoms with Crippen molar-refractivity contribution in [3.63, 3.8) is 0 Å². The van der Waals surface area contributed by atoms with Gasteiger partial charge >= 0.3 is 6.18 Å². The Morgan fingerprint density at radius 2 is 2.15 bits per heavy atom. The van der Waals surface area contributed by atoms with Crippen molar-refractivity contribution in [3.8, 4) is 0 Å². The second-order valence-corrected chi connectivity index (χ2v) is 4.90. The summed E-state index contributed by atoms with van der Waals surface area (Å²) in [5.41, 5.74) is -0.953. The molecule has 2 unspecified atom stereocenters. The summed E-state index contributed by atoms with van der Waals surface area (Å²) in [4.78, 5) is 15.0. The van der Waals surface area contributed by atoms with E-state index in [-0.39, 0.29) is 11.5 Å². The Bertz CT molecular complexity index is 473. The first-order valence-electron chi connectivity index (χ1n) is 6.37. The number of aromatic nitrogens is 1. The number of alkyl halides is 3. The monoisotopic (exact) mass is 288 g/mol. The van der Waals surface area contributed by atoms with Gasteiger partial charge in [-0.3, -0.25) is 9.78 Å². The van der Waals surface area contributed by atoms with Gasteiger partial charge < -0.3 is 10.4 Å². The Labute approximate surface area is 114 Å². The number of pyridine rings is 1. The molecule has 1 heterocycles. The fourth-order valence-corrected chi connectivity index (χ4v) is 2.28. The van der Waals surface area contributed by atoms with Crippen molar-refractivity contribution >= 4 is 5.91 Å². The van der Waals surface area contributed by atoms with Crippen LogP contribution in [0, 0.1) is 5.92 Å². The lowest BCUT2D eigenvalue weighted by molar-refractivity contribution is -0.141. The molecule has 0 aromatic carbocycles. The van der Waals surface area contributed by atoms with Gasteiger partial charge in [0.25, 0.3) is 5.91 Å². The largest absolute Gasteiger partial charge is 0.433 e. The number of carbonyl (C=O) groups excluding carboxylic acids is 1. The van der Waals surface area contributed by atoms with Gasteiger partial charge in [0, 0.05) is 18.7 Å². The molecule has 1 aromatic rings. The first-order valence-corrected chi connectivity index (χ1v) is 6.37. The maximum absolute atomic E-state index is 12.3. The van der Waals surface area contributed by atoms with Crippen molar-refractivity contribution in [1.82, 2.24) is 10.3 Å². The van der Waals surface area contributed by atoms with Crippen LogP contribution >= 0.6 is 0 Å². The van der Waals surface area contributed by atoms with E-state index in [2.05, 4.69) is 10.3 Å². The normalized spacial score (nSPS) is 22.8. The van der Waals surface area contributed by atoms with E-state index in [9.17, 15) is 23.1 Å². The Morgan fingerprint density at radius 3 is 2.65 bits per heavy atom. The van der Waals surface area contributed by atoms with Gasteiger partial charge in [-0.2, -0.15) is 13.2 Å². The van der Waals surface area contributed by atoms with Gasteiger partial charge in [0.2, 0.25) is 0 Å². The molecule has 2 atom stereocenters. The number of hydrogen-bond acceptors (Lipinski definition) is 3. The van der Waals surface area contributed by atoms with Crippen LogP contribution in [0.1, 0.15) is 35.3 Å². The molecule has 2 rings (SSSR count). The minimum atomic E-state index is -4.51. The van der Waals surface area contributed by atoms with E-state index in [0.717, 1.165) is 37.6 Å². The molecule has 1 saturated carbocycles. The Kier molecular flexibility index (Phi) is 4.27. The molecule has 2 N–H and O–H groups in total. The summed E-state index contributed by atoms with van der Waals surface area (Å²) in [5, 5.41) is 12.2. The van der Waals surface area contributed by atoms with E-state index in [1.165, 1.54) is 0 Å². The summed E-state index contributed by atoms with van der Waals surface area (Å²) >= 11 is 0. The van der Waals surface area contributed by atoms with E-state index < -0.39 is 23.9 Å². The van der Waals surface area contributed by atoms with Crippen LogP contribution in [0.25, 0.3) is 0 Å². The number of nitrogens with one attached hydrogen (secondary N) is 1. The molecule has 1 aliphatic carbocycles. The minimum Gasteiger partial charge on any atom is -0.393 e. The summed E-state index contributed by atoms with van der Waals surface area (Å²) in [7, 11) is 0. The van der Waals surface area contributed by atoms with Crippen LogP contribution in [0.15, 0.2) is 18.3 Å². The molecule has 20 heavy (non-hydrogen) atoms. The number of aliphatic hydroxyl groups is 1. The summed E-state index contributed by atoms with van der Waals surface area (Å²) in [6, 6.07) is 1.87. The van der Waals surface area contributed by atoms with E-state index in [1.54, 1.807) is 0 Å². The number of hydrogen-bond donors (Lipinski definition) is 2. The third-order valence-electron chi connectivity index (χ3n) is 3.46. The van der Waals surface area contributed by atoms with Gasteiger partial charge in [0.15, 0.2) is 0 Å². The molecule has 7 heteroatoms. The smallest absolute Gasteiger partial charge is 0.393 e. The molecule has 0 radical (unpaired) electrons. The molecule has 1 fully saturated rings. The molecule has 1 amide bonds. The third-order valence-corrected chi connectivity index (χ3v) is 3.46. The maximum Gasteiger partial charge on any atom is 0.433 e. The molecule has 0 spiro atoms. The zero-order valence-corrected chi connectivity index (χ0v) is 10.7. The van der Waals surface area contributed by atoms with E-state index in [1.807, 2.05) is 0 Å². The number of halogens is 3. The molecule has 1 aromatic heterocycles. The lowest BCUT2D eigenvalue weighted by Gasteiger charge is -2.15. The van der Waals surface area contributed by atoms with Crippen molar-refractivity contribution in [2.75, 3.05) is 6.54 Å². The number of rotatable bonds is 3. The first kappa shape index (κ1) is 14.8. The highest BCUT2D eigenvalue weighted by molar-refractivity contribution is 5.93. The average molecular weight is 288 g/mol. The van der Waals surface area contributed by atoms with Gasteiger partial charge in [-0.05, 0) is 25.0 Å². The maximum atomic E-state index is 12.3. The lowest BCUT2D eigenvalue weighted by Crippen LogP contribution is -2.32. The van der Waals surface area contributed by atoms with Gasteiger partial charge in [0.05, 0.1) is 11.7 Å². The Morgan fingerprint density at radius 1 is 1.40 bits per heavy atom. The molecule has 0 saturated heterocycles. The van der Waals surface area contributed by atoms with Crippen LogP contribution in [-0.4, -0.2) is 28.6 Å². The summed E-state index contributed by atoms with van der Waals surface area (Å²) in [6.07, 6.45) is -1.54. The highest BCUT2D eigenvalue weighted by Gasteiger charge is 2.32. The molecule has 1 aliphatic rings. The van der Waals surface area contributed by atoms with E-state index in [0.29, 0.717) is 6.54 Å². The molecular weight excluding hydrogens is 273 g/mol. The number of nitrogens with zero attached hydrogens (tertiary/aromatic N) is 1. The van der Waals surface area contributed by atoms with Crippen LogP contribution in [0.4, 0.5) is 13.2 Å². The lowest BCUT2D eigenvalue weighted by atomic mass is 10.1. The predicted molar refractivity (Wildman–Crippen MR) is 64.9 cm³/mol. The molecule has 0 bridgehead atoms. The fourth-order valence-electron chi connectivity index (χ4n) is 2.28. The summed E-state index contributed by atoms with van der Waals surface area (Å²) in [6.45, 7) is 0.320. The van der Waals surface area contributed by atoms with Crippen molar-refractivity contribution in [1.29, 1.82) is 0 Å². The van der Waals surface area contributed by atoms with Crippen LogP contribution in [0.5, 0.6) is 0 Å². The topological polar surface area (TPSA) is 62.2 Å². The van der Waals surface area contributed by atoms with Crippen molar-refractivity contribution in [2.45, 2.75) is 31.5 Å². The number of aliphatic hydroxyl groups excluding tert-OH is 1. The van der Waals surface area contributed by atoms with Gasteiger partial charge in [0.1, 0.15) is 5.69 Å². The molecule has 4 nitrogen and oxygen atoms in total. The molecule has 0 aliphatic heterocycles. The van der Waals surface area contributed by atoms with Crippen LogP contribution in [-0.2, 0) is 6.18 Å². The quantitative estimate of drug-likeness (QED) is 0.894. The van der Waals surface area contributed by atoms with E-state index >= 15 is 0 Å². The van der Waals surface area contributed by atoms with Crippen LogP contribution < -0.4 is 5.32 Å². The zero-order valence-electron chi connectivity index (χ0n) is 10.7. The van der Waals surface area contributed by atoms with Gasteiger partial charge in [-0.15, -0.1) is 0 Å². The van der Waals surface area contributed by atoms with Crippen molar-refractivity contribution < 1.29 is 23.1 Å². The van der Waals surface area contributed by atoms with Gasteiger partial charge in [-0.25, -0.2) is 0 Å². The average Bonchev–Trinajstić information content (AvgIpc) is 2.81. The highest BCUT2D eigenvalue weighted by Crippen LogP contribution is 2.27. The summed E-state index contributed by atoms with van der Waals surface area (Å²) < 4.78 is 37.0. The molecular formula is C13H15F3N2O2. The fraction of sp³-hybridized carbons (Fsp3) is 0.538.